The first-order chi connectivity index (χ1) is 14.1. The fourth-order valence-corrected chi connectivity index (χ4v) is 4.99. The van der Waals surface area contributed by atoms with Gasteiger partial charge in [0.1, 0.15) is 23.3 Å². The number of benzene rings is 1. The minimum Gasteiger partial charge on any atom is -0.375 e. The molecule has 0 bridgehead atoms. The highest BCUT2D eigenvalue weighted by molar-refractivity contribution is 5.35. The van der Waals surface area contributed by atoms with Crippen molar-refractivity contribution >= 4 is 0 Å². The van der Waals surface area contributed by atoms with Crippen LogP contribution in [0.4, 0.5) is 8.78 Å². The van der Waals surface area contributed by atoms with Gasteiger partial charge in [-0.3, -0.25) is 0 Å². The molecule has 29 heavy (non-hydrogen) atoms. The van der Waals surface area contributed by atoms with Crippen molar-refractivity contribution in [1.29, 1.82) is 5.26 Å². The molecule has 2 aliphatic carbocycles. The maximum absolute atomic E-state index is 13.8. The number of hydrogen-bond donors (Lipinski definition) is 0. The van der Waals surface area contributed by atoms with Gasteiger partial charge in [0.2, 0.25) is 0 Å². The van der Waals surface area contributed by atoms with E-state index in [1.54, 1.807) is 6.07 Å². The van der Waals surface area contributed by atoms with Gasteiger partial charge in [-0.2, -0.15) is 5.26 Å². The van der Waals surface area contributed by atoms with Gasteiger partial charge in [0, 0.05) is 0 Å². The van der Waals surface area contributed by atoms with E-state index in [0.29, 0.717) is 30.1 Å². The summed E-state index contributed by atoms with van der Waals surface area (Å²) in [4.78, 5) is 0. The van der Waals surface area contributed by atoms with Gasteiger partial charge in [0.05, 0.1) is 12.2 Å². The number of allylic oxidation sites excluding steroid dienone is 1. The lowest BCUT2D eigenvalue weighted by atomic mass is 9.82. The average Bonchev–Trinajstić information content (AvgIpc) is 2.72. The largest absolute Gasteiger partial charge is 0.375 e. The van der Waals surface area contributed by atoms with Crippen LogP contribution in [0, 0.1) is 34.8 Å². The van der Waals surface area contributed by atoms with Crippen LogP contribution in [0.1, 0.15) is 81.8 Å². The van der Waals surface area contributed by atoms with E-state index in [1.165, 1.54) is 44.2 Å². The van der Waals surface area contributed by atoms with Gasteiger partial charge in [-0.05, 0) is 107 Å². The number of hydrogen-bond acceptors (Lipinski definition) is 2. The summed E-state index contributed by atoms with van der Waals surface area (Å²) in [6.07, 6.45) is 16.2. The van der Waals surface area contributed by atoms with Crippen LogP contribution in [0.2, 0.25) is 0 Å². The highest BCUT2D eigenvalue weighted by Crippen LogP contribution is 2.34. The summed E-state index contributed by atoms with van der Waals surface area (Å²) < 4.78 is 33.9. The molecule has 2 nitrogen and oxygen atoms in total. The third kappa shape index (κ3) is 6.37. The van der Waals surface area contributed by atoms with Crippen molar-refractivity contribution in [3.63, 3.8) is 0 Å². The Balaban J connectivity index is 1.36. The second kappa shape index (κ2) is 10.9. The Kier molecular flexibility index (Phi) is 8.24. The van der Waals surface area contributed by atoms with Crippen molar-refractivity contribution in [2.45, 2.75) is 89.3 Å². The summed E-state index contributed by atoms with van der Waals surface area (Å²) in [6, 6.07) is 4.19. The van der Waals surface area contributed by atoms with Crippen LogP contribution in [0.25, 0.3) is 0 Å². The third-order valence-corrected chi connectivity index (χ3v) is 6.81. The molecule has 3 rings (SSSR count). The van der Waals surface area contributed by atoms with Gasteiger partial charge in [0.15, 0.2) is 0 Å². The molecule has 0 amide bonds. The Bertz CT molecular complexity index is 687. The third-order valence-electron chi connectivity index (χ3n) is 6.81. The van der Waals surface area contributed by atoms with Gasteiger partial charge in [-0.1, -0.05) is 6.08 Å². The zero-order valence-electron chi connectivity index (χ0n) is 17.3. The fourth-order valence-electron chi connectivity index (χ4n) is 4.99. The standard InChI is InChI=1S/C25H33F2NO/c1-2-3-4-18-7-11-21(12-8-18)29-22-13-9-19(10-14-22)5-6-20-15-24(26)23(17-28)25(27)16-20/h2,15-16,18-19,21-22H,1,3-14H2. The highest BCUT2D eigenvalue weighted by atomic mass is 19.1. The van der Waals surface area contributed by atoms with Crippen molar-refractivity contribution in [2.75, 3.05) is 0 Å². The molecule has 0 heterocycles. The predicted molar refractivity (Wildman–Crippen MR) is 111 cm³/mol. The van der Waals surface area contributed by atoms with E-state index in [2.05, 4.69) is 6.58 Å². The van der Waals surface area contributed by atoms with E-state index in [1.807, 2.05) is 6.08 Å². The number of aryl methyl sites for hydroxylation is 1. The molecule has 158 valence electrons. The average molecular weight is 402 g/mol. The molecule has 0 unspecified atom stereocenters. The molecule has 1 aromatic rings. The molecule has 1 aromatic carbocycles. The molecule has 0 spiro atoms. The van der Waals surface area contributed by atoms with Crippen LogP contribution in [-0.4, -0.2) is 12.2 Å². The zero-order valence-corrected chi connectivity index (χ0v) is 17.3. The molecule has 2 aliphatic rings. The number of ether oxygens (including phenoxy) is 1. The van der Waals surface area contributed by atoms with E-state index in [4.69, 9.17) is 10.00 Å². The molecule has 0 radical (unpaired) electrons. The molecule has 2 fully saturated rings. The summed E-state index contributed by atoms with van der Waals surface area (Å²) in [5.41, 5.74) is 0.159. The van der Waals surface area contributed by atoms with Crippen molar-refractivity contribution in [1.82, 2.24) is 0 Å². The monoisotopic (exact) mass is 401 g/mol. The first-order valence-corrected chi connectivity index (χ1v) is 11.2. The molecule has 2 saturated carbocycles. The summed E-state index contributed by atoms with van der Waals surface area (Å²) in [5.74, 6) is -0.0654. The van der Waals surface area contributed by atoms with Crippen LogP contribution in [0.3, 0.4) is 0 Å². The van der Waals surface area contributed by atoms with Crippen molar-refractivity contribution in [3.8, 4) is 6.07 Å². The fraction of sp³-hybridized carbons (Fsp3) is 0.640. The maximum Gasteiger partial charge on any atom is 0.144 e. The summed E-state index contributed by atoms with van der Waals surface area (Å²) in [6.45, 7) is 3.82. The zero-order chi connectivity index (χ0) is 20.6. The highest BCUT2D eigenvalue weighted by Gasteiger charge is 2.27. The van der Waals surface area contributed by atoms with Gasteiger partial charge in [0.25, 0.3) is 0 Å². The SMILES string of the molecule is C=CCCC1CCC(OC2CCC(CCc3cc(F)c(C#N)c(F)c3)CC2)CC1. The Hall–Kier alpha value is -1.73. The van der Waals surface area contributed by atoms with Gasteiger partial charge >= 0.3 is 0 Å². The Labute approximate surface area is 174 Å². The lowest BCUT2D eigenvalue weighted by Gasteiger charge is -2.34. The molecule has 0 atom stereocenters. The maximum atomic E-state index is 13.8. The second-order valence-electron chi connectivity index (χ2n) is 8.87. The van der Waals surface area contributed by atoms with Crippen LogP contribution < -0.4 is 0 Å². The summed E-state index contributed by atoms with van der Waals surface area (Å²) >= 11 is 0. The molecular formula is C25H33F2NO. The van der Waals surface area contributed by atoms with E-state index in [9.17, 15) is 8.78 Å². The first kappa shape index (κ1) is 22.0. The van der Waals surface area contributed by atoms with Crippen molar-refractivity contribution < 1.29 is 13.5 Å². The lowest BCUT2D eigenvalue weighted by molar-refractivity contribution is -0.0569. The van der Waals surface area contributed by atoms with Crippen LogP contribution >= 0.6 is 0 Å². The van der Waals surface area contributed by atoms with Gasteiger partial charge in [-0.25, -0.2) is 8.78 Å². The molecule has 0 saturated heterocycles. The molecule has 0 aliphatic heterocycles. The minimum absolute atomic E-state index is 0.380. The van der Waals surface area contributed by atoms with E-state index < -0.39 is 17.2 Å². The van der Waals surface area contributed by atoms with Gasteiger partial charge in [-0.15, -0.1) is 6.58 Å². The van der Waals surface area contributed by atoms with E-state index >= 15 is 0 Å². The molecule has 0 aromatic heterocycles. The number of halogens is 2. The minimum atomic E-state index is -0.751. The quantitative estimate of drug-likeness (QED) is 0.445. The van der Waals surface area contributed by atoms with Crippen molar-refractivity contribution in [3.05, 3.63) is 47.5 Å². The smallest absolute Gasteiger partial charge is 0.144 e. The summed E-state index contributed by atoms with van der Waals surface area (Å²) in [5, 5.41) is 8.77. The topological polar surface area (TPSA) is 33.0 Å². The second-order valence-corrected chi connectivity index (χ2v) is 8.87. The van der Waals surface area contributed by atoms with Crippen LogP contribution in [-0.2, 0) is 11.2 Å². The molecule has 0 N–H and O–H groups in total. The van der Waals surface area contributed by atoms with Gasteiger partial charge < -0.3 is 4.74 Å². The van der Waals surface area contributed by atoms with E-state index in [-0.39, 0.29) is 0 Å². The lowest BCUT2D eigenvalue weighted by Crippen LogP contribution is -2.29. The number of nitrogens with zero attached hydrogens (tertiary/aromatic N) is 1. The molecule has 4 heteroatoms. The van der Waals surface area contributed by atoms with Crippen LogP contribution in [0.15, 0.2) is 24.8 Å². The van der Waals surface area contributed by atoms with Crippen LogP contribution in [0.5, 0.6) is 0 Å². The normalized spacial score (nSPS) is 27.3. The Morgan fingerprint density at radius 2 is 1.45 bits per heavy atom. The number of rotatable bonds is 8. The predicted octanol–water partition coefficient (Wildman–Crippen LogP) is 6.87. The Morgan fingerprint density at radius 1 is 0.931 bits per heavy atom. The summed E-state index contributed by atoms with van der Waals surface area (Å²) in [7, 11) is 0. The van der Waals surface area contributed by atoms with E-state index in [0.717, 1.165) is 44.4 Å². The van der Waals surface area contributed by atoms with Crippen molar-refractivity contribution in [2.24, 2.45) is 11.8 Å². The Morgan fingerprint density at radius 3 is 1.93 bits per heavy atom. The first-order valence-electron chi connectivity index (χ1n) is 11.2. The number of nitriles is 1. The molecular weight excluding hydrogens is 368 g/mol.